The average molecular weight is 536 g/mol. The number of thiazole rings is 1. The lowest BCUT2D eigenvalue weighted by Gasteiger charge is -2.18. The first-order valence-corrected chi connectivity index (χ1v) is 14.3. The minimum Gasteiger partial charge on any atom is -0.375 e. The molecule has 0 bridgehead atoms. The molecule has 13 nitrogen and oxygen atoms in total. The molecule has 3 heterocycles. The molecule has 0 amide bonds. The summed E-state index contributed by atoms with van der Waals surface area (Å²) in [5, 5.41) is 22.6. The molecule has 7 N–H and O–H groups in total. The van der Waals surface area contributed by atoms with Crippen molar-refractivity contribution in [1.82, 2.24) is 35.6 Å². The first kappa shape index (κ1) is 23.7. The van der Waals surface area contributed by atoms with Gasteiger partial charge in [-0.05, 0) is 47.5 Å². The SMILES string of the molecule is Nc1nc2c(-c3ccc(S(=O)(=O)NC[C@@H]4CCCN4)c(S(N)(=O)=O)c3-c3nnn[nH]3)cccc2s1. The highest BCUT2D eigenvalue weighted by Gasteiger charge is 2.32. The minimum atomic E-state index is -4.58. The number of aromatic amines is 1. The van der Waals surface area contributed by atoms with E-state index in [-0.39, 0.29) is 24.0 Å². The molecule has 1 aliphatic heterocycles. The van der Waals surface area contributed by atoms with Crippen LogP contribution in [0.5, 0.6) is 0 Å². The van der Waals surface area contributed by atoms with Crippen molar-refractivity contribution >= 4 is 46.7 Å². The Hall–Kier alpha value is -3.02. The van der Waals surface area contributed by atoms with Crippen molar-refractivity contribution in [3.63, 3.8) is 0 Å². The Kier molecular flexibility index (Phi) is 6.02. The summed E-state index contributed by atoms with van der Waals surface area (Å²) in [5.41, 5.74) is 7.16. The number of benzene rings is 2. The highest BCUT2D eigenvalue weighted by atomic mass is 32.2. The van der Waals surface area contributed by atoms with Gasteiger partial charge in [-0.15, -0.1) is 5.10 Å². The number of hydrogen-bond acceptors (Lipinski definition) is 11. The highest BCUT2D eigenvalue weighted by Crippen LogP contribution is 2.41. The summed E-state index contributed by atoms with van der Waals surface area (Å²) in [6.45, 7) is 0.892. The van der Waals surface area contributed by atoms with E-state index >= 15 is 0 Å². The first-order valence-electron chi connectivity index (χ1n) is 10.5. The summed E-state index contributed by atoms with van der Waals surface area (Å²) in [6, 6.07) is 7.95. The Morgan fingerprint density at radius 1 is 1.14 bits per heavy atom. The van der Waals surface area contributed by atoms with E-state index in [4.69, 9.17) is 10.9 Å². The summed E-state index contributed by atoms with van der Waals surface area (Å²) in [5.74, 6) is -0.0706. The van der Waals surface area contributed by atoms with Crippen molar-refractivity contribution in [2.75, 3.05) is 18.8 Å². The number of aromatic nitrogens is 5. The van der Waals surface area contributed by atoms with Gasteiger partial charge in [0.05, 0.1) is 15.8 Å². The van der Waals surface area contributed by atoms with E-state index in [1.807, 2.05) is 6.07 Å². The van der Waals surface area contributed by atoms with Gasteiger partial charge in [0.2, 0.25) is 20.0 Å². The second-order valence-corrected chi connectivity index (χ2v) is 12.3. The molecule has 1 fully saturated rings. The molecule has 0 spiro atoms. The highest BCUT2D eigenvalue weighted by molar-refractivity contribution is 7.92. The maximum Gasteiger partial charge on any atom is 0.241 e. The number of nitrogens with two attached hydrogens (primary N) is 2. The van der Waals surface area contributed by atoms with Crippen LogP contribution in [0, 0.1) is 0 Å². The fourth-order valence-corrected chi connectivity index (χ4v) is 7.63. The Bertz CT molecular complexity index is 1610. The molecule has 0 aliphatic carbocycles. The van der Waals surface area contributed by atoms with Crippen LogP contribution in [0.25, 0.3) is 32.7 Å². The van der Waals surface area contributed by atoms with Crippen LogP contribution in [0.15, 0.2) is 40.1 Å². The zero-order chi connectivity index (χ0) is 24.8. The van der Waals surface area contributed by atoms with Gasteiger partial charge >= 0.3 is 0 Å². The predicted molar refractivity (Wildman–Crippen MR) is 130 cm³/mol. The van der Waals surface area contributed by atoms with Crippen LogP contribution in [0.1, 0.15) is 12.8 Å². The topological polar surface area (TPSA) is 212 Å². The van der Waals surface area contributed by atoms with Crippen LogP contribution in [0.2, 0.25) is 0 Å². The lowest BCUT2D eigenvalue weighted by atomic mass is 9.98. The number of tetrazole rings is 1. The summed E-state index contributed by atoms with van der Waals surface area (Å²) >= 11 is 1.26. The molecular weight excluding hydrogens is 514 g/mol. The third-order valence-corrected chi connectivity index (χ3v) is 9.12. The van der Waals surface area contributed by atoms with Gasteiger partial charge in [0.15, 0.2) is 11.0 Å². The number of primary sulfonamides is 1. The zero-order valence-corrected chi connectivity index (χ0v) is 20.5. The minimum absolute atomic E-state index is 0.0485. The monoisotopic (exact) mass is 535 g/mol. The van der Waals surface area contributed by atoms with Gasteiger partial charge in [-0.3, -0.25) is 0 Å². The van der Waals surface area contributed by atoms with Crippen LogP contribution < -0.4 is 20.9 Å². The van der Waals surface area contributed by atoms with E-state index in [0.717, 1.165) is 24.1 Å². The van der Waals surface area contributed by atoms with Crippen molar-refractivity contribution in [2.45, 2.75) is 28.7 Å². The summed E-state index contributed by atoms with van der Waals surface area (Å²) in [4.78, 5) is 3.24. The molecule has 0 saturated carbocycles. The van der Waals surface area contributed by atoms with Crippen LogP contribution in [-0.4, -0.2) is 61.6 Å². The number of anilines is 1. The van der Waals surface area contributed by atoms with Gasteiger partial charge in [-0.2, -0.15) is 0 Å². The molecule has 0 unspecified atom stereocenters. The quantitative estimate of drug-likeness (QED) is 0.220. The number of H-pyrrole nitrogens is 1. The molecule has 2 aromatic heterocycles. The van der Waals surface area contributed by atoms with Crippen molar-refractivity contribution in [1.29, 1.82) is 0 Å². The van der Waals surface area contributed by atoms with Crippen molar-refractivity contribution < 1.29 is 16.8 Å². The van der Waals surface area contributed by atoms with Gasteiger partial charge in [-0.1, -0.05) is 29.5 Å². The number of nitrogens with zero attached hydrogens (tertiary/aromatic N) is 4. The number of hydrogen-bond donors (Lipinski definition) is 5. The molecule has 0 radical (unpaired) electrons. The number of nitrogen functional groups attached to an aromatic ring is 1. The summed E-state index contributed by atoms with van der Waals surface area (Å²) in [7, 11) is -8.86. The second kappa shape index (κ2) is 8.89. The van der Waals surface area contributed by atoms with E-state index < -0.39 is 29.8 Å². The Morgan fingerprint density at radius 3 is 2.66 bits per heavy atom. The molecule has 5 rings (SSSR count). The molecule has 4 aromatic rings. The average Bonchev–Trinajstić information content (AvgIpc) is 3.57. The van der Waals surface area contributed by atoms with E-state index in [1.165, 1.54) is 23.5 Å². The van der Waals surface area contributed by atoms with E-state index in [2.05, 4.69) is 35.6 Å². The number of nitrogens with one attached hydrogen (secondary N) is 3. The lowest BCUT2D eigenvalue weighted by molar-refractivity contribution is 0.548. The van der Waals surface area contributed by atoms with Crippen molar-refractivity contribution in [2.24, 2.45) is 5.14 Å². The third kappa shape index (κ3) is 4.51. The standard InChI is InChI=1S/C19H21N9O4S3/c20-19-24-16-12(4-1-5-13(16)33-19)11-6-7-14(35(31,32)23-9-10-3-2-8-22-10)17(34(21,29)30)15(11)18-25-27-28-26-18/h1,4-7,10,22-23H,2-3,8-9H2,(H2,20,24)(H2,21,29,30)(H,25,26,27,28)/t10-/m0/s1. The van der Waals surface area contributed by atoms with Gasteiger partial charge in [0, 0.05) is 18.2 Å². The fourth-order valence-electron chi connectivity index (χ4n) is 4.18. The van der Waals surface area contributed by atoms with Crippen LogP contribution >= 0.6 is 11.3 Å². The lowest BCUT2D eigenvalue weighted by Crippen LogP contribution is -2.37. The number of sulfonamides is 2. The number of rotatable bonds is 7. The maximum absolute atomic E-state index is 13.3. The molecule has 1 atom stereocenters. The molecule has 2 aromatic carbocycles. The molecule has 184 valence electrons. The summed E-state index contributed by atoms with van der Waals surface area (Å²) < 4.78 is 55.6. The first-order chi connectivity index (χ1) is 16.6. The van der Waals surface area contributed by atoms with Crippen molar-refractivity contribution in [3.05, 3.63) is 30.3 Å². The van der Waals surface area contributed by atoms with Crippen LogP contribution in [0.3, 0.4) is 0 Å². The maximum atomic E-state index is 13.3. The Morgan fingerprint density at radius 2 is 1.97 bits per heavy atom. The van der Waals surface area contributed by atoms with Crippen molar-refractivity contribution in [3.8, 4) is 22.5 Å². The molecule has 35 heavy (non-hydrogen) atoms. The third-order valence-electron chi connectivity index (χ3n) is 5.69. The largest absolute Gasteiger partial charge is 0.375 e. The zero-order valence-electron chi connectivity index (χ0n) is 18.1. The fraction of sp³-hybridized carbons (Fsp3) is 0.263. The Labute approximate surface area is 204 Å². The van der Waals surface area contributed by atoms with Gasteiger partial charge < -0.3 is 11.1 Å². The molecule has 16 heteroatoms. The van der Waals surface area contributed by atoms with E-state index in [0.29, 0.717) is 21.8 Å². The molecular formula is C19H21N9O4S3. The van der Waals surface area contributed by atoms with Gasteiger partial charge in [-0.25, -0.2) is 36.8 Å². The Balaban J connectivity index is 1.76. The smallest absolute Gasteiger partial charge is 0.241 e. The van der Waals surface area contributed by atoms with Gasteiger partial charge in [0.1, 0.15) is 9.79 Å². The van der Waals surface area contributed by atoms with Crippen LogP contribution in [0.4, 0.5) is 5.13 Å². The van der Waals surface area contributed by atoms with Gasteiger partial charge in [0.25, 0.3) is 0 Å². The normalized spacial score (nSPS) is 16.8. The second-order valence-electron chi connectivity index (χ2n) is 7.96. The van der Waals surface area contributed by atoms with Crippen LogP contribution in [-0.2, 0) is 20.0 Å². The summed E-state index contributed by atoms with van der Waals surface area (Å²) in [6.07, 6.45) is 1.73. The number of fused-ring (bicyclic) bond motifs is 1. The number of para-hydroxylation sites is 1. The van der Waals surface area contributed by atoms with E-state index in [1.54, 1.807) is 12.1 Å². The predicted octanol–water partition coefficient (Wildman–Crippen LogP) is 0.403. The molecule has 1 saturated heterocycles. The van der Waals surface area contributed by atoms with E-state index in [9.17, 15) is 16.8 Å². The molecule has 1 aliphatic rings.